The van der Waals surface area contributed by atoms with Crippen molar-refractivity contribution in [2.24, 2.45) is 0 Å². The van der Waals surface area contributed by atoms with Crippen LogP contribution in [-0.2, 0) is 9.84 Å². The Bertz CT molecular complexity index is 1070. The second-order valence-electron chi connectivity index (χ2n) is 7.14. The van der Waals surface area contributed by atoms with E-state index in [1.54, 1.807) is 6.07 Å². The van der Waals surface area contributed by atoms with E-state index < -0.39 is 32.4 Å². The van der Waals surface area contributed by atoms with Crippen molar-refractivity contribution in [2.75, 3.05) is 18.2 Å². The number of amides is 1. The maximum absolute atomic E-state index is 14.4. The van der Waals surface area contributed by atoms with E-state index >= 15 is 0 Å². The van der Waals surface area contributed by atoms with Crippen LogP contribution in [0.1, 0.15) is 35.9 Å². The Labute approximate surface area is 167 Å². The van der Waals surface area contributed by atoms with Crippen molar-refractivity contribution >= 4 is 27.3 Å². The summed E-state index contributed by atoms with van der Waals surface area (Å²) in [5.74, 6) is -1.21. The predicted molar refractivity (Wildman–Crippen MR) is 107 cm³/mol. The highest BCUT2D eigenvalue weighted by atomic mass is 32.2. The molecule has 1 saturated heterocycles. The third-order valence-electron chi connectivity index (χ3n) is 4.92. The minimum atomic E-state index is -3.67. The first kappa shape index (κ1) is 20.7. The van der Waals surface area contributed by atoms with Crippen LogP contribution in [0.5, 0.6) is 5.75 Å². The van der Waals surface area contributed by atoms with Gasteiger partial charge in [0.2, 0.25) is 0 Å². The highest BCUT2D eigenvalue weighted by Crippen LogP contribution is 2.31. The number of carbonyl (C=O) groups is 1. The molecule has 1 amide bonds. The summed E-state index contributed by atoms with van der Waals surface area (Å²) in [6.07, 6.45) is 1.40. The van der Waals surface area contributed by atoms with Crippen LogP contribution in [0.25, 0.3) is 0 Å². The molecule has 8 nitrogen and oxygen atoms in total. The number of sulfone groups is 1. The van der Waals surface area contributed by atoms with Crippen LogP contribution < -0.4 is 15.4 Å². The van der Waals surface area contributed by atoms with Gasteiger partial charge in [-0.15, -0.1) is 0 Å². The molecule has 29 heavy (non-hydrogen) atoms. The Hall–Kier alpha value is -3.01. The van der Waals surface area contributed by atoms with Gasteiger partial charge in [-0.2, -0.15) is 0 Å². The Balaban J connectivity index is 1.85. The zero-order valence-corrected chi connectivity index (χ0v) is 16.9. The molecule has 1 aromatic heterocycles. The van der Waals surface area contributed by atoms with Gasteiger partial charge in [0.05, 0.1) is 25.1 Å². The SMILES string of the molecule is COc1ccc(C(=O)Nc2ccc(F)c(C3CS(=O)(=O)C(C)(C)C(=N)N3)c2)nc1. The van der Waals surface area contributed by atoms with Crippen molar-refractivity contribution < 1.29 is 22.3 Å². The molecule has 1 fully saturated rings. The summed E-state index contributed by atoms with van der Waals surface area (Å²) in [6, 6.07) is 6.00. The van der Waals surface area contributed by atoms with E-state index in [2.05, 4.69) is 15.6 Å². The molecule has 1 unspecified atom stereocenters. The lowest BCUT2D eigenvalue weighted by Crippen LogP contribution is -2.56. The molecule has 2 heterocycles. The number of carbonyl (C=O) groups excluding carboxylic acids is 1. The number of benzene rings is 1. The molecule has 3 rings (SSSR count). The Morgan fingerprint density at radius 1 is 1.34 bits per heavy atom. The topological polar surface area (TPSA) is 121 Å². The van der Waals surface area contributed by atoms with E-state index in [-0.39, 0.29) is 28.5 Å². The summed E-state index contributed by atoms with van der Waals surface area (Å²) in [6.45, 7) is 2.87. The lowest BCUT2D eigenvalue weighted by Gasteiger charge is -2.36. The molecule has 1 aliphatic heterocycles. The van der Waals surface area contributed by atoms with Gasteiger partial charge in [0.15, 0.2) is 9.84 Å². The fourth-order valence-electron chi connectivity index (χ4n) is 2.86. The lowest BCUT2D eigenvalue weighted by molar-refractivity contribution is 0.102. The van der Waals surface area contributed by atoms with Gasteiger partial charge in [0.25, 0.3) is 5.91 Å². The predicted octanol–water partition coefficient (Wildman–Crippen LogP) is 2.30. The van der Waals surface area contributed by atoms with Crippen LogP contribution >= 0.6 is 0 Å². The third kappa shape index (κ3) is 3.93. The number of ether oxygens (including phenoxy) is 1. The van der Waals surface area contributed by atoms with Crippen molar-refractivity contribution in [3.05, 3.63) is 53.6 Å². The second kappa shape index (κ2) is 7.43. The van der Waals surface area contributed by atoms with E-state index in [9.17, 15) is 17.6 Å². The number of aromatic nitrogens is 1. The number of halogens is 1. The summed E-state index contributed by atoms with van der Waals surface area (Å²) in [4.78, 5) is 16.4. The quantitative estimate of drug-likeness (QED) is 0.698. The number of anilines is 1. The number of amidine groups is 1. The van der Waals surface area contributed by atoms with Crippen LogP contribution in [0.2, 0.25) is 0 Å². The molecule has 1 aliphatic rings. The molecule has 3 N–H and O–H groups in total. The summed E-state index contributed by atoms with van der Waals surface area (Å²) < 4.78 is 43.1. The number of nitrogens with zero attached hydrogens (tertiary/aromatic N) is 1. The largest absolute Gasteiger partial charge is 0.495 e. The molecule has 0 saturated carbocycles. The standard InChI is InChI=1S/C19H21FN4O4S/c1-19(2)18(21)24-16(10-29(19,26)27)13-8-11(4-6-14(13)20)23-17(25)15-7-5-12(28-3)9-22-15/h4-9,16H,10H2,1-3H3,(H2,21,24)(H,23,25). The molecule has 154 valence electrons. The number of hydrogen-bond acceptors (Lipinski definition) is 6. The minimum absolute atomic E-state index is 0.0503. The molecule has 0 radical (unpaired) electrons. The minimum Gasteiger partial charge on any atom is -0.495 e. The van der Waals surface area contributed by atoms with E-state index in [1.807, 2.05) is 0 Å². The first-order valence-corrected chi connectivity index (χ1v) is 10.4. The van der Waals surface area contributed by atoms with Gasteiger partial charge in [0, 0.05) is 11.3 Å². The van der Waals surface area contributed by atoms with Crippen LogP contribution in [-0.4, -0.2) is 42.8 Å². The van der Waals surface area contributed by atoms with Crippen LogP contribution in [0.15, 0.2) is 36.5 Å². The average molecular weight is 420 g/mol. The monoisotopic (exact) mass is 420 g/mol. The zero-order chi connectivity index (χ0) is 21.4. The molecule has 2 aromatic rings. The van der Waals surface area contributed by atoms with E-state index in [0.717, 1.165) is 6.07 Å². The molecule has 10 heteroatoms. The lowest BCUT2D eigenvalue weighted by atomic mass is 10.0. The fourth-order valence-corrected chi connectivity index (χ4v) is 4.35. The smallest absolute Gasteiger partial charge is 0.274 e. The second-order valence-corrected chi connectivity index (χ2v) is 9.72. The van der Waals surface area contributed by atoms with Crippen molar-refractivity contribution in [1.29, 1.82) is 5.41 Å². The van der Waals surface area contributed by atoms with Crippen LogP contribution in [0.3, 0.4) is 0 Å². The van der Waals surface area contributed by atoms with E-state index in [4.69, 9.17) is 10.1 Å². The summed E-state index contributed by atoms with van der Waals surface area (Å²) in [7, 11) is -2.19. The summed E-state index contributed by atoms with van der Waals surface area (Å²) in [5, 5.41) is 13.4. The number of pyridine rings is 1. The zero-order valence-electron chi connectivity index (χ0n) is 16.1. The number of rotatable bonds is 4. The Kier molecular flexibility index (Phi) is 5.31. The van der Waals surface area contributed by atoms with Crippen LogP contribution in [0, 0.1) is 11.2 Å². The van der Waals surface area contributed by atoms with Gasteiger partial charge >= 0.3 is 0 Å². The average Bonchev–Trinajstić information content (AvgIpc) is 2.67. The Morgan fingerprint density at radius 2 is 2.07 bits per heavy atom. The van der Waals surface area contributed by atoms with Crippen molar-refractivity contribution in [2.45, 2.75) is 24.6 Å². The maximum Gasteiger partial charge on any atom is 0.274 e. The molecule has 0 bridgehead atoms. The van der Waals surface area contributed by atoms with E-state index in [1.165, 1.54) is 45.4 Å². The first-order chi connectivity index (χ1) is 13.5. The van der Waals surface area contributed by atoms with Gasteiger partial charge in [0.1, 0.15) is 27.8 Å². The van der Waals surface area contributed by atoms with Crippen molar-refractivity contribution in [1.82, 2.24) is 10.3 Å². The molecule has 1 atom stereocenters. The van der Waals surface area contributed by atoms with Gasteiger partial charge < -0.3 is 15.4 Å². The maximum atomic E-state index is 14.4. The van der Waals surface area contributed by atoms with Crippen molar-refractivity contribution in [3.8, 4) is 5.75 Å². The molecule has 0 aliphatic carbocycles. The first-order valence-electron chi connectivity index (χ1n) is 8.74. The van der Waals surface area contributed by atoms with Crippen molar-refractivity contribution in [3.63, 3.8) is 0 Å². The Morgan fingerprint density at radius 3 is 2.66 bits per heavy atom. The van der Waals surface area contributed by atoms with Gasteiger partial charge in [-0.3, -0.25) is 10.2 Å². The van der Waals surface area contributed by atoms with E-state index in [0.29, 0.717) is 5.75 Å². The normalized spacial score (nSPS) is 19.9. The molecular formula is C19H21FN4O4S. The van der Waals surface area contributed by atoms with Crippen LogP contribution in [0.4, 0.5) is 10.1 Å². The van der Waals surface area contributed by atoms with Gasteiger partial charge in [-0.1, -0.05) is 0 Å². The number of hydrogen-bond donors (Lipinski definition) is 3. The number of nitrogens with one attached hydrogen (secondary N) is 3. The van der Waals surface area contributed by atoms with Gasteiger partial charge in [-0.05, 0) is 44.2 Å². The highest BCUT2D eigenvalue weighted by Gasteiger charge is 2.45. The summed E-state index contributed by atoms with van der Waals surface area (Å²) >= 11 is 0. The number of methoxy groups -OCH3 is 1. The molecular weight excluding hydrogens is 399 g/mol. The molecule has 0 spiro atoms. The fraction of sp³-hybridized carbons (Fsp3) is 0.316. The summed E-state index contributed by atoms with van der Waals surface area (Å²) in [5.41, 5.74) is 0.465. The highest BCUT2D eigenvalue weighted by molar-refractivity contribution is 7.93. The van der Waals surface area contributed by atoms with Gasteiger partial charge in [-0.25, -0.2) is 17.8 Å². The molecule has 1 aromatic carbocycles. The third-order valence-corrected chi connectivity index (χ3v) is 7.45.